The van der Waals surface area contributed by atoms with Crippen LogP contribution >= 0.6 is 0 Å². The van der Waals surface area contributed by atoms with Crippen LogP contribution in [0.5, 0.6) is 0 Å². The van der Waals surface area contributed by atoms with E-state index in [9.17, 15) is 9.59 Å². The van der Waals surface area contributed by atoms with E-state index < -0.39 is 0 Å². The fourth-order valence-electron chi connectivity index (χ4n) is 2.10. The number of imidazole rings is 1. The van der Waals surface area contributed by atoms with E-state index in [4.69, 9.17) is 0 Å². The fraction of sp³-hybridized carbons (Fsp3) is 0.462. The molecule has 0 amide bonds. The van der Waals surface area contributed by atoms with Gasteiger partial charge >= 0.3 is 5.69 Å². The normalized spacial score (nSPS) is 11.1. The lowest BCUT2D eigenvalue weighted by Gasteiger charge is -2.08. The number of aryl methyl sites for hydroxylation is 1. The van der Waals surface area contributed by atoms with Gasteiger partial charge in [0, 0.05) is 20.1 Å². The lowest BCUT2D eigenvalue weighted by molar-refractivity contribution is 0.583. The summed E-state index contributed by atoms with van der Waals surface area (Å²) in [6.45, 7) is 6.79. The summed E-state index contributed by atoms with van der Waals surface area (Å²) in [4.78, 5) is 28.5. The van der Waals surface area contributed by atoms with E-state index >= 15 is 0 Å². The topological polar surface area (TPSA) is 61.8 Å². The van der Waals surface area contributed by atoms with Gasteiger partial charge in [-0.25, -0.2) is 9.78 Å². The number of hydrogen-bond acceptors (Lipinski definition) is 3. The van der Waals surface area contributed by atoms with Crippen molar-refractivity contribution in [2.45, 2.75) is 32.9 Å². The number of fused-ring (bicyclic) bond motifs is 1. The van der Waals surface area contributed by atoms with Crippen LogP contribution in [0.15, 0.2) is 28.6 Å². The minimum atomic E-state index is -0.313. The van der Waals surface area contributed by atoms with E-state index in [1.165, 1.54) is 7.05 Å². The van der Waals surface area contributed by atoms with Gasteiger partial charge in [-0.1, -0.05) is 19.4 Å². The van der Waals surface area contributed by atoms with Crippen molar-refractivity contribution in [2.24, 2.45) is 7.05 Å². The first-order valence-electron chi connectivity index (χ1n) is 6.37. The molecule has 2 aromatic heterocycles. The molecule has 0 bridgehead atoms. The van der Waals surface area contributed by atoms with Gasteiger partial charge in [0.05, 0.1) is 6.33 Å². The Labute approximate surface area is 110 Å². The van der Waals surface area contributed by atoms with Crippen molar-refractivity contribution >= 4 is 11.2 Å². The summed E-state index contributed by atoms with van der Waals surface area (Å²) < 4.78 is 4.42. The van der Waals surface area contributed by atoms with Gasteiger partial charge in [0.1, 0.15) is 0 Å². The summed E-state index contributed by atoms with van der Waals surface area (Å²) in [5.74, 6) is 0. The van der Waals surface area contributed by atoms with E-state index in [2.05, 4.69) is 18.5 Å². The number of unbranched alkanes of at least 4 members (excludes halogenated alkanes) is 1. The minimum absolute atomic E-state index is 0.310. The Balaban J connectivity index is 2.78. The molecule has 0 fully saturated rings. The molecular formula is C13H18N4O2. The van der Waals surface area contributed by atoms with Crippen LogP contribution in [0, 0.1) is 0 Å². The van der Waals surface area contributed by atoms with Crippen LogP contribution in [0.2, 0.25) is 0 Å². The smallest absolute Gasteiger partial charge is 0.321 e. The molecule has 2 heterocycles. The van der Waals surface area contributed by atoms with Crippen molar-refractivity contribution in [3.8, 4) is 0 Å². The number of allylic oxidation sites excluding steroid dienone is 1. The number of nitrogens with zero attached hydrogens (tertiary/aromatic N) is 4. The first-order valence-corrected chi connectivity index (χ1v) is 6.37. The van der Waals surface area contributed by atoms with E-state index in [0.717, 1.165) is 17.4 Å². The average molecular weight is 262 g/mol. The quantitative estimate of drug-likeness (QED) is 0.752. The monoisotopic (exact) mass is 262 g/mol. The summed E-state index contributed by atoms with van der Waals surface area (Å²) in [6.07, 6.45) is 5.13. The molecule has 0 aliphatic heterocycles. The van der Waals surface area contributed by atoms with E-state index in [1.54, 1.807) is 21.5 Å². The van der Waals surface area contributed by atoms with Gasteiger partial charge < -0.3 is 4.57 Å². The molecule has 0 saturated heterocycles. The lowest BCUT2D eigenvalue weighted by atomic mass is 10.3. The highest BCUT2D eigenvalue weighted by Crippen LogP contribution is 2.07. The third-order valence-corrected chi connectivity index (χ3v) is 3.16. The van der Waals surface area contributed by atoms with Gasteiger partial charge in [-0.2, -0.15) is 0 Å². The molecule has 102 valence electrons. The molecule has 19 heavy (non-hydrogen) atoms. The predicted molar refractivity (Wildman–Crippen MR) is 74.3 cm³/mol. The van der Waals surface area contributed by atoms with Crippen molar-refractivity contribution in [2.75, 3.05) is 0 Å². The molecule has 6 nitrogen and oxygen atoms in total. The molecule has 0 saturated carbocycles. The first kappa shape index (κ1) is 13.3. The maximum atomic E-state index is 12.2. The first-order chi connectivity index (χ1) is 9.11. The second-order valence-electron chi connectivity index (χ2n) is 4.51. The third kappa shape index (κ3) is 2.14. The maximum Gasteiger partial charge on any atom is 0.332 e. The Morgan fingerprint density at radius 1 is 1.42 bits per heavy atom. The molecule has 0 aliphatic carbocycles. The van der Waals surface area contributed by atoms with Crippen molar-refractivity contribution < 1.29 is 0 Å². The molecule has 2 rings (SSSR count). The zero-order valence-corrected chi connectivity index (χ0v) is 11.3. The Bertz CT molecular complexity index is 721. The van der Waals surface area contributed by atoms with E-state index in [0.29, 0.717) is 24.3 Å². The van der Waals surface area contributed by atoms with Crippen LogP contribution < -0.4 is 11.2 Å². The molecule has 2 aromatic rings. The highest BCUT2D eigenvalue weighted by molar-refractivity contribution is 5.70. The number of rotatable bonds is 5. The van der Waals surface area contributed by atoms with Crippen molar-refractivity contribution in [3.63, 3.8) is 0 Å². The highest BCUT2D eigenvalue weighted by atomic mass is 16.2. The second-order valence-corrected chi connectivity index (χ2v) is 4.51. The lowest BCUT2D eigenvalue weighted by Crippen LogP contribution is -2.38. The largest absolute Gasteiger partial charge is 0.332 e. The van der Waals surface area contributed by atoms with Crippen molar-refractivity contribution in [3.05, 3.63) is 39.8 Å². The Morgan fingerprint density at radius 2 is 2.16 bits per heavy atom. The van der Waals surface area contributed by atoms with Crippen molar-refractivity contribution in [1.82, 2.24) is 18.7 Å². The second kappa shape index (κ2) is 5.26. The molecular weight excluding hydrogens is 244 g/mol. The Morgan fingerprint density at radius 3 is 2.79 bits per heavy atom. The molecule has 6 heteroatoms. The Kier molecular flexibility index (Phi) is 3.69. The van der Waals surface area contributed by atoms with Gasteiger partial charge in [0.2, 0.25) is 0 Å². The van der Waals surface area contributed by atoms with Gasteiger partial charge in [-0.15, -0.1) is 6.58 Å². The van der Waals surface area contributed by atoms with Gasteiger partial charge in [0.15, 0.2) is 11.2 Å². The zero-order valence-electron chi connectivity index (χ0n) is 11.3. The van der Waals surface area contributed by atoms with Crippen LogP contribution in [0.3, 0.4) is 0 Å². The predicted octanol–water partition coefficient (Wildman–Crippen LogP) is 0.883. The van der Waals surface area contributed by atoms with Crippen LogP contribution in [0.25, 0.3) is 11.2 Å². The fourth-order valence-corrected chi connectivity index (χ4v) is 2.10. The van der Waals surface area contributed by atoms with E-state index in [1.807, 2.05) is 0 Å². The SMILES string of the molecule is C=CCn1cnc2c1c(=O)n(C)c(=O)n2CCCC. The molecule has 0 spiro atoms. The highest BCUT2D eigenvalue weighted by Gasteiger charge is 2.15. The van der Waals surface area contributed by atoms with Crippen LogP contribution in [0.1, 0.15) is 19.8 Å². The van der Waals surface area contributed by atoms with Crippen LogP contribution in [-0.2, 0) is 20.1 Å². The summed E-state index contributed by atoms with van der Waals surface area (Å²) in [5.41, 5.74) is 0.295. The van der Waals surface area contributed by atoms with Crippen LogP contribution in [-0.4, -0.2) is 18.7 Å². The molecule has 0 aromatic carbocycles. The maximum absolute atomic E-state index is 12.2. The Hall–Kier alpha value is -2.11. The molecule has 0 N–H and O–H groups in total. The van der Waals surface area contributed by atoms with E-state index in [-0.39, 0.29) is 11.2 Å². The summed E-state index contributed by atoms with van der Waals surface area (Å²) in [5, 5.41) is 0. The standard InChI is InChI=1S/C13H18N4O2/c1-4-6-8-17-11-10(12(18)15(3)13(17)19)16(7-5-2)9-14-11/h5,9H,2,4,6-8H2,1,3H3. The molecule has 0 atom stereocenters. The molecule has 0 unspecified atom stereocenters. The number of hydrogen-bond donors (Lipinski definition) is 0. The zero-order chi connectivity index (χ0) is 14.0. The molecule has 0 radical (unpaired) electrons. The van der Waals surface area contributed by atoms with Gasteiger partial charge in [0.25, 0.3) is 5.56 Å². The molecule has 0 aliphatic rings. The number of aromatic nitrogens is 4. The summed E-state index contributed by atoms with van der Waals surface area (Å²) in [7, 11) is 1.50. The average Bonchev–Trinajstić information content (AvgIpc) is 2.80. The van der Waals surface area contributed by atoms with Gasteiger partial charge in [-0.05, 0) is 6.42 Å². The third-order valence-electron chi connectivity index (χ3n) is 3.16. The summed E-state index contributed by atoms with van der Waals surface area (Å²) in [6, 6.07) is 0. The van der Waals surface area contributed by atoms with Crippen molar-refractivity contribution in [1.29, 1.82) is 0 Å². The minimum Gasteiger partial charge on any atom is -0.321 e. The van der Waals surface area contributed by atoms with Crippen LogP contribution in [0.4, 0.5) is 0 Å². The summed E-state index contributed by atoms with van der Waals surface area (Å²) >= 11 is 0. The van der Waals surface area contributed by atoms with Gasteiger partial charge in [-0.3, -0.25) is 13.9 Å².